The quantitative estimate of drug-likeness (QED) is 0.656. The van der Waals surface area contributed by atoms with E-state index in [0.717, 1.165) is 17.7 Å². The third-order valence-corrected chi connectivity index (χ3v) is 5.05. The second-order valence-electron chi connectivity index (χ2n) is 6.00. The van der Waals surface area contributed by atoms with E-state index < -0.39 is 26.6 Å². The Morgan fingerprint density at radius 3 is 2.56 bits per heavy atom. The van der Waals surface area contributed by atoms with Gasteiger partial charge in [0.15, 0.2) is 0 Å². The number of carbonyl (C=O) groups excluding carboxylic acids is 1. The number of sulfonamides is 1. The van der Waals surface area contributed by atoms with E-state index in [9.17, 15) is 17.6 Å². The van der Waals surface area contributed by atoms with E-state index in [1.165, 1.54) is 6.07 Å². The Morgan fingerprint density at radius 1 is 1.11 bits per heavy atom. The van der Waals surface area contributed by atoms with E-state index in [-0.39, 0.29) is 5.56 Å². The van der Waals surface area contributed by atoms with Crippen molar-refractivity contribution in [2.75, 3.05) is 0 Å². The smallest absolute Gasteiger partial charge is 0.266 e. The molecular formula is C18H17FN4O3S. The summed E-state index contributed by atoms with van der Waals surface area (Å²) in [5, 5.41) is 4.10. The lowest BCUT2D eigenvalue weighted by atomic mass is 10.1. The van der Waals surface area contributed by atoms with Gasteiger partial charge in [-0.3, -0.25) is 10.2 Å². The number of halogens is 1. The van der Waals surface area contributed by atoms with Gasteiger partial charge in [0, 0.05) is 18.0 Å². The van der Waals surface area contributed by atoms with E-state index in [2.05, 4.69) is 10.5 Å². The molecule has 0 saturated heterocycles. The summed E-state index contributed by atoms with van der Waals surface area (Å²) in [5.74, 6) is -1.57. The highest BCUT2D eigenvalue weighted by atomic mass is 32.2. The van der Waals surface area contributed by atoms with E-state index in [1.54, 1.807) is 49.1 Å². The molecule has 27 heavy (non-hydrogen) atoms. The number of aromatic nitrogens is 2. The lowest BCUT2D eigenvalue weighted by Crippen LogP contribution is -2.41. The fourth-order valence-electron chi connectivity index (χ4n) is 2.51. The second-order valence-corrected chi connectivity index (χ2v) is 7.65. The van der Waals surface area contributed by atoms with E-state index in [0.29, 0.717) is 11.3 Å². The molecule has 7 nitrogen and oxygen atoms in total. The first-order valence-corrected chi connectivity index (χ1v) is 9.44. The Balaban J connectivity index is 1.80. The maximum absolute atomic E-state index is 13.9. The molecule has 3 rings (SSSR count). The van der Waals surface area contributed by atoms with Crippen LogP contribution in [0, 0.1) is 19.7 Å². The molecular weight excluding hydrogens is 371 g/mol. The number of benzene rings is 2. The van der Waals surface area contributed by atoms with E-state index in [1.807, 2.05) is 10.9 Å². The highest BCUT2D eigenvalue weighted by Crippen LogP contribution is 2.16. The average Bonchev–Trinajstić information content (AvgIpc) is 3.13. The topological polar surface area (TPSA) is 93.1 Å². The van der Waals surface area contributed by atoms with Crippen LogP contribution in [0.5, 0.6) is 0 Å². The van der Waals surface area contributed by atoms with Gasteiger partial charge in [0.2, 0.25) is 0 Å². The monoisotopic (exact) mass is 388 g/mol. The summed E-state index contributed by atoms with van der Waals surface area (Å²) < 4.78 is 40.0. The molecule has 0 atom stereocenters. The molecule has 0 bridgehead atoms. The molecule has 9 heteroatoms. The molecule has 140 valence electrons. The number of hydrogen-bond acceptors (Lipinski definition) is 4. The molecule has 2 N–H and O–H groups in total. The normalized spacial score (nSPS) is 11.4. The predicted molar refractivity (Wildman–Crippen MR) is 97.2 cm³/mol. The fourth-order valence-corrected chi connectivity index (χ4v) is 3.41. The van der Waals surface area contributed by atoms with E-state index >= 15 is 0 Å². The number of nitrogens with zero attached hydrogens (tertiary/aromatic N) is 2. The highest BCUT2D eigenvalue weighted by Gasteiger charge is 2.20. The van der Waals surface area contributed by atoms with Crippen molar-refractivity contribution in [3.63, 3.8) is 0 Å². The molecule has 1 heterocycles. The largest absolute Gasteiger partial charge is 0.273 e. The van der Waals surface area contributed by atoms with Crippen molar-refractivity contribution in [2.24, 2.45) is 0 Å². The van der Waals surface area contributed by atoms with Crippen molar-refractivity contribution in [3.05, 3.63) is 77.4 Å². The van der Waals surface area contributed by atoms with Crippen molar-refractivity contribution >= 4 is 15.9 Å². The van der Waals surface area contributed by atoms with Crippen molar-refractivity contribution in [1.29, 1.82) is 0 Å². The van der Waals surface area contributed by atoms with Gasteiger partial charge in [-0.25, -0.2) is 17.5 Å². The van der Waals surface area contributed by atoms with Crippen LogP contribution in [0.1, 0.15) is 21.5 Å². The van der Waals surface area contributed by atoms with Gasteiger partial charge in [0.1, 0.15) is 10.7 Å². The molecule has 0 fully saturated rings. The summed E-state index contributed by atoms with van der Waals surface area (Å²) in [6.07, 6.45) is 3.33. The molecule has 0 aliphatic carbocycles. The molecule has 0 aliphatic heterocycles. The number of amides is 1. The molecule has 3 aromatic rings. The van der Waals surface area contributed by atoms with Gasteiger partial charge in [0.05, 0.1) is 5.69 Å². The summed E-state index contributed by atoms with van der Waals surface area (Å²) in [4.78, 5) is 13.7. The first kappa shape index (κ1) is 18.7. The summed E-state index contributed by atoms with van der Waals surface area (Å²) in [6, 6.07) is 10.5. The molecule has 1 amide bonds. The highest BCUT2D eigenvalue weighted by molar-refractivity contribution is 7.89. The van der Waals surface area contributed by atoms with Gasteiger partial charge in [-0.1, -0.05) is 6.07 Å². The summed E-state index contributed by atoms with van der Waals surface area (Å²) >= 11 is 0. The van der Waals surface area contributed by atoms with Crippen LogP contribution in [0.25, 0.3) is 5.69 Å². The van der Waals surface area contributed by atoms with Gasteiger partial charge >= 0.3 is 0 Å². The number of nitrogens with one attached hydrogen (secondary N) is 2. The van der Waals surface area contributed by atoms with Crippen LogP contribution >= 0.6 is 0 Å². The fraction of sp³-hybridized carbons (Fsp3) is 0.111. The average molecular weight is 388 g/mol. The Kier molecular flexibility index (Phi) is 5.06. The third kappa shape index (κ3) is 4.21. The van der Waals surface area contributed by atoms with Gasteiger partial charge in [-0.05, 0) is 61.4 Å². The van der Waals surface area contributed by atoms with Gasteiger partial charge in [-0.2, -0.15) is 5.10 Å². The summed E-state index contributed by atoms with van der Waals surface area (Å²) in [7, 11) is -4.25. The zero-order valence-electron chi connectivity index (χ0n) is 14.6. The molecule has 0 spiro atoms. The maximum atomic E-state index is 13.9. The minimum atomic E-state index is -4.25. The maximum Gasteiger partial charge on any atom is 0.266 e. The van der Waals surface area contributed by atoms with Crippen molar-refractivity contribution in [2.45, 2.75) is 18.7 Å². The second kappa shape index (κ2) is 7.29. The number of rotatable bonds is 5. The van der Waals surface area contributed by atoms with Crippen LogP contribution in [-0.2, 0) is 10.0 Å². The Morgan fingerprint density at radius 2 is 1.89 bits per heavy atom. The number of carbonyl (C=O) groups is 1. The number of hydrazine groups is 1. The minimum Gasteiger partial charge on any atom is -0.273 e. The van der Waals surface area contributed by atoms with Gasteiger partial charge in [0.25, 0.3) is 15.9 Å². The molecule has 0 radical (unpaired) electrons. The van der Waals surface area contributed by atoms with Crippen LogP contribution in [-0.4, -0.2) is 24.1 Å². The zero-order valence-corrected chi connectivity index (χ0v) is 15.4. The predicted octanol–water partition coefficient (Wildman–Crippen LogP) is 2.25. The zero-order chi connectivity index (χ0) is 19.6. The molecule has 2 aromatic carbocycles. The Labute approximate surface area is 155 Å². The van der Waals surface area contributed by atoms with E-state index in [4.69, 9.17) is 0 Å². The van der Waals surface area contributed by atoms with Gasteiger partial charge in [-0.15, -0.1) is 4.83 Å². The summed E-state index contributed by atoms with van der Waals surface area (Å²) in [5.41, 5.74) is 4.36. The van der Waals surface area contributed by atoms with Crippen molar-refractivity contribution < 1.29 is 17.6 Å². The number of aryl methyl sites for hydroxylation is 2. The first-order valence-electron chi connectivity index (χ1n) is 7.96. The minimum absolute atomic E-state index is 0.229. The van der Waals surface area contributed by atoms with Crippen LogP contribution in [0.3, 0.4) is 0 Å². The lowest BCUT2D eigenvalue weighted by Gasteiger charge is -2.11. The number of hydrogen-bond donors (Lipinski definition) is 2. The van der Waals surface area contributed by atoms with Crippen molar-refractivity contribution in [1.82, 2.24) is 20.0 Å². The third-order valence-electron chi connectivity index (χ3n) is 3.77. The molecule has 0 aliphatic rings. The Hall–Kier alpha value is -3.04. The summed E-state index contributed by atoms with van der Waals surface area (Å²) in [6.45, 7) is 3.44. The van der Waals surface area contributed by atoms with Crippen molar-refractivity contribution in [3.8, 4) is 5.69 Å². The van der Waals surface area contributed by atoms with Crippen LogP contribution in [0.15, 0.2) is 59.8 Å². The standard InChI is InChI=1S/C18H17FN4O3S/c1-12-4-5-17(16(19)10-12)27(25,26)22-21-18(24)14-8-13(2)9-15(11-14)23-7-3-6-20-23/h3-11,22H,1-2H3,(H,21,24). The first-order chi connectivity index (χ1) is 12.8. The van der Waals surface area contributed by atoms with Crippen LogP contribution < -0.4 is 10.3 Å². The Bertz CT molecular complexity index is 1100. The molecule has 1 aromatic heterocycles. The lowest BCUT2D eigenvalue weighted by molar-refractivity contribution is 0.0945. The molecule has 0 saturated carbocycles. The van der Waals surface area contributed by atoms with Gasteiger partial charge < -0.3 is 0 Å². The SMILES string of the molecule is Cc1cc(C(=O)NNS(=O)(=O)c2ccc(C)cc2F)cc(-n2cccn2)c1. The van der Waals surface area contributed by atoms with Crippen LogP contribution in [0.2, 0.25) is 0 Å². The van der Waals surface area contributed by atoms with Crippen LogP contribution in [0.4, 0.5) is 4.39 Å². The molecule has 0 unspecified atom stereocenters.